The Labute approximate surface area is 132 Å². The molecule has 0 aliphatic carbocycles. The van der Waals surface area contributed by atoms with Gasteiger partial charge >= 0.3 is 5.97 Å². The Kier molecular flexibility index (Phi) is 4.95. The van der Waals surface area contributed by atoms with Crippen LogP contribution in [0.1, 0.15) is 9.67 Å². The lowest BCUT2D eigenvalue weighted by atomic mass is 10.1. The van der Waals surface area contributed by atoms with Crippen LogP contribution in [0.5, 0.6) is 5.75 Å². The van der Waals surface area contributed by atoms with Gasteiger partial charge in [-0.05, 0) is 29.8 Å². The fraction of sp³-hybridized carbons (Fsp3) is 0.125. The van der Waals surface area contributed by atoms with Crippen LogP contribution in [0.4, 0.5) is 5.69 Å². The second-order valence-electron chi connectivity index (χ2n) is 4.27. The summed E-state index contributed by atoms with van der Waals surface area (Å²) in [5.74, 6) is -0.180. The number of nitrogens with one attached hydrogen (secondary N) is 1. The minimum absolute atomic E-state index is 0.329. The summed E-state index contributed by atoms with van der Waals surface area (Å²) >= 11 is 1.24. The normalized spacial score (nSPS) is 9.91. The van der Waals surface area contributed by atoms with Crippen molar-refractivity contribution in [2.45, 2.75) is 0 Å². The molecule has 1 heterocycles. The first-order valence-corrected chi connectivity index (χ1v) is 7.20. The largest absolute Gasteiger partial charge is 0.497 e. The van der Waals surface area contributed by atoms with E-state index in [0.717, 1.165) is 16.5 Å². The van der Waals surface area contributed by atoms with Gasteiger partial charge in [0.25, 0.3) is 0 Å². The molecule has 5 nitrogen and oxygen atoms in total. The third-order valence-electron chi connectivity index (χ3n) is 2.90. The molecule has 0 saturated carbocycles. The molecule has 0 saturated heterocycles. The van der Waals surface area contributed by atoms with Gasteiger partial charge in [0.15, 0.2) is 0 Å². The Balaban J connectivity index is 2.46. The molecule has 1 aromatic carbocycles. The number of anilines is 1. The van der Waals surface area contributed by atoms with Crippen molar-refractivity contribution in [1.29, 1.82) is 0 Å². The highest BCUT2D eigenvalue weighted by atomic mass is 32.1. The topological polar surface area (TPSA) is 64.6 Å². The third kappa shape index (κ3) is 3.35. The summed E-state index contributed by atoms with van der Waals surface area (Å²) in [4.78, 5) is 24.5. The lowest BCUT2D eigenvalue weighted by Gasteiger charge is -2.02. The summed E-state index contributed by atoms with van der Waals surface area (Å²) in [6, 6.07) is 9.17. The van der Waals surface area contributed by atoms with Gasteiger partial charge in [-0.25, -0.2) is 4.79 Å². The van der Waals surface area contributed by atoms with Gasteiger partial charge in [0.05, 0.1) is 19.9 Å². The van der Waals surface area contributed by atoms with Crippen LogP contribution in [-0.4, -0.2) is 26.1 Å². The monoisotopic (exact) mass is 317 g/mol. The summed E-state index contributed by atoms with van der Waals surface area (Å²) in [7, 11) is 2.88. The highest BCUT2D eigenvalue weighted by Crippen LogP contribution is 2.36. The molecule has 0 aliphatic heterocycles. The molecule has 22 heavy (non-hydrogen) atoms. The van der Waals surface area contributed by atoms with Crippen LogP contribution in [0.25, 0.3) is 10.4 Å². The fourth-order valence-electron chi connectivity index (χ4n) is 1.83. The van der Waals surface area contributed by atoms with Gasteiger partial charge in [0, 0.05) is 4.88 Å². The smallest absolute Gasteiger partial charge is 0.350 e. The minimum Gasteiger partial charge on any atom is -0.497 e. The summed E-state index contributed by atoms with van der Waals surface area (Å²) in [5.41, 5.74) is 1.29. The van der Waals surface area contributed by atoms with Crippen molar-refractivity contribution in [3.05, 3.63) is 47.9 Å². The Morgan fingerprint density at radius 1 is 1.27 bits per heavy atom. The Bertz CT molecular complexity index is 721. The molecule has 0 aliphatic rings. The van der Waals surface area contributed by atoms with E-state index in [-0.39, 0.29) is 5.91 Å². The average molecular weight is 317 g/mol. The standard InChI is InChI=1S/C16H15NO4S/c1-4-14(18)17-12-9-13(22-15(12)16(19)21-3)10-6-5-7-11(8-10)20-2/h4-9H,1H2,2-3H3,(H,17,18). The number of hydrogen-bond donors (Lipinski definition) is 1. The van der Waals surface area contributed by atoms with E-state index in [1.165, 1.54) is 18.4 Å². The van der Waals surface area contributed by atoms with Gasteiger partial charge in [0.2, 0.25) is 5.91 Å². The van der Waals surface area contributed by atoms with Gasteiger partial charge in [-0.1, -0.05) is 18.7 Å². The molecule has 0 radical (unpaired) electrons. The SMILES string of the molecule is C=CC(=O)Nc1cc(-c2cccc(OC)c2)sc1C(=O)OC. The second-order valence-corrected chi connectivity index (χ2v) is 5.32. The van der Waals surface area contributed by atoms with Crippen LogP contribution < -0.4 is 10.1 Å². The van der Waals surface area contributed by atoms with Gasteiger partial charge in [-0.15, -0.1) is 11.3 Å². The van der Waals surface area contributed by atoms with Crippen molar-refractivity contribution < 1.29 is 19.1 Å². The number of amides is 1. The quantitative estimate of drug-likeness (QED) is 0.678. The van der Waals surface area contributed by atoms with Crippen LogP contribution in [0.15, 0.2) is 43.0 Å². The third-order valence-corrected chi connectivity index (χ3v) is 4.06. The van der Waals surface area contributed by atoms with Crippen molar-refractivity contribution in [1.82, 2.24) is 0 Å². The predicted molar refractivity (Wildman–Crippen MR) is 86.5 cm³/mol. The molecule has 0 fully saturated rings. The molecule has 0 spiro atoms. The number of esters is 1. The number of ether oxygens (including phenoxy) is 2. The maximum atomic E-state index is 11.9. The van der Waals surface area contributed by atoms with Crippen molar-refractivity contribution >= 4 is 28.9 Å². The van der Waals surface area contributed by atoms with Crippen LogP contribution in [-0.2, 0) is 9.53 Å². The van der Waals surface area contributed by atoms with Gasteiger partial charge in [-0.3, -0.25) is 4.79 Å². The van der Waals surface area contributed by atoms with E-state index in [1.807, 2.05) is 24.3 Å². The molecule has 2 rings (SSSR count). The first kappa shape index (κ1) is 15.8. The zero-order valence-corrected chi connectivity index (χ0v) is 13.0. The highest BCUT2D eigenvalue weighted by molar-refractivity contribution is 7.18. The summed E-state index contributed by atoms with van der Waals surface area (Å²) in [6.45, 7) is 3.40. The van der Waals surface area contributed by atoms with E-state index >= 15 is 0 Å². The van der Waals surface area contributed by atoms with Crippen molar-refractivity contribution in [3.8, 4) is 16.2 Å². The number of benzene rings is 1. The van der Waals surface area contributed by atoms with Gasteiger partial charge in [0.1, 0.15) is 10.6 Å². The highest BCUT2D eigenvalue weighted by Gasteiger charge is 2.19. The van der Waals surface area contributed by atoms with Gasteiger partial charge in [-0.2, -0.15) is 0 Å². The molecular weight excluding hydrogens is 302 g/mol. The molecule has 6 heteroatoms. The van der Waals surface area contributed by atoms with Crippen LogP contribution in [0, 0.1) is 0 Å². The van der Waals surface area contributed by atoms with Crippen molar-refractivity contribution in [2.75, 3.05) is 19.5 Å². The maximum Gasteiger partial charge on any atom is 0.350 e. The van der Waals surface area contributed by atoms with Crippen LogP contribution in [0.3, 0.4) is 0 Å². The Hall–Kier alpha value is -2.60. The van der Waals surface area contributed by atoms with E-state index in [9.17, 15) is 9.59 Å². The lowest BCUT2D eigenvalue weighted by molar-refractivity contribution is -0.111. The minimum atomic E-state index is -0.501. The molecule has 2 aromatic rings. The summed E-state index contributed by atoms with van der Waals surface area (Å²) in [5, 5.41) is 2.62. The average Bonchev–Trinajstić information content (AvgIpc) is 2.97. The first-order chi connectivity index (χ1) is 10.6. The summed E-state index contributed by atoms with van der Waals surface area (Å²) in [6.07, 6.45) is 1.14. The van der Waals surface area contributed by atoms with E-state index in [2.05, 4.69) is 11.9 Å². The zero-order chi connectivity index (χ0) is 16.1. The lowest BCUT2D eigenvalue weighted by Crippen LogP contribution is -2.10. The number of thiophene rings is 1. The number of methoxy groups -OCH3 is 2. The predicted octanol–water partition coefficient (Wildman–Crippen LogP) is 3.33. The fourth-order valence-corrected chi connectivity index (χ4v) is 2.86. The number of rotatable bonds is 5. The van der Waals surface area contributed by atoms with E-state index < -0.39 is 5.97 Å². The zero-order valence-electron chi connectivity index (χ0n) is 12.2. The van der Waals surface area contributed by atoms with Crippen molar-refractivity contribution in [2.24, 2.45) is 0 Å². The Morgan fingerprint density at radius 3 is 2.68 bits per heavy atom. The van der Waals surface area contributed by atoms with Gasteiger partial charge < -0.3 is 14.8 Å². The molecule has 114 valence electrons. The van der Waals surface area contributed by atoms with Crippen LogP contribution in [0.2, 0.25) is 0 Å². The maximum absolute atomic E-state index is 11.9. The molecule has 0 unspecified atom stereocenters. The second kappa shape index (κ2) is 6.91. The number of carbonyl (C=O) groups is 2. The molecule has 0 atom stereocenters. The van der Waals surface area contributed by atoms with E-state index in [1.54, 1.807) is 13.2 Å². The molecule has 1 N–H and O–H groups in total. The molecule has 1 amide bonds. The molecular formula is C16H15NO4S. The first-order valence-electron chi connectivity index (χ1n) is 6.39. The van der Waals surface area contributed by atoms with Crippen LogP contribution >= 0.6 is 11.3 Å². The molecule has 0 bridgehead atoms. The summed E-state index contributed by atoms with van der Waals surface area (Å²) < 4.78 is 9.95. The molecule has 1 aromatic heterocycles. The Morgan fingerprint density at radius 2 is 2.05 bits per heavy atom. The van der Waals surface area contributed by atoms with E-state index in [4.69, 9.17) is 9.47 Å². The number of hydrogen-bond acceptors (Lipinski definition) is 5. The van der Waals surface area contributed by atoms with E-state index in [0.29, 0.717) is 16.3 Å². The van der Waals surface area contributed by atoms with Crippen molar-refractivity contribution in [3.63, 3.8) is 0 Å². The number of carbonyl (C=O) groups excluding carboxylic acids is 2.